The van der Waals surface area contributed by atoms with E-state index in [0.717, 1.165) is 5.56 Å². The summed E-state index contributed by atoms with van der Waals surface area (Å²) in [4.78, 5) is 29.3. The van der Waals surface area contributed by atoms with Crippen molar-refractivity contribution < 1.29 is 9.59 Å². The van der Waals surface area contributed by atoms with Gasteiger partial charge in [0.25, 0.3) is 0 Å². The number of nitrogens with zero attached hydrogens (tertiary/aromatic N) is 2. The number of hydrogen-bond acceptors (Lipinski definition) is 3. The molecule has 0 unspecified atom stereocenters. The zero-order valence-corrected chi connectivity index (χ0v) is 13.6. The quantitative estimate of drug-likeness (QED) is 0.884. The number of halogens is 1. The smallest absolute Gasteiger partial charge is 0.226 e. The van der Waals surface area contributed by atoms with Gasteiger partial charge < -0.3 is 10.2 Å². The third kappa shape index (κ3) is 5.71. The molecule has 0 aliphatic heterocycles. The Bertz CT molecular complexity index is 659. The zero-order valence-electron chi connectivity index (χ0n) is 12.8. The maximum Gasteiger partial charge on any atom is 0.226 e. The summed E-state index contributed by atoms with van der Waals surface area (Å²) in [6.45, 7) is 2.32. The van der Waals surface area contributed by atoms with E-state index in [2.05, 4.69) is 10.3 Å². The number of anilines is 1. The maximum absolute atomic E-state index is 12.0. The molecule has 0 saturated carbocycles. The minimum Gasteiger partial charge on any atom is -0.338 e. The predicted octanol–water partition coefficient (Wildman–Crippen LogP) is 3.11. The van der Waals surface area contributed by atoms with E-state index in [1.165, 1.54) is 6.92 Å². The summed E-state index contributed by atoms with van der Waals surface area (Å²) in [5.74, 6) is -0.214. The lowest BCUT2D eigenvalue weighted by molar-refractivity contribution is -0.129. The normalized spacial score (nSPS) is 10.2. The second-order valence-electron chi connectivity index (χ2n) is 5.10. The van der Waals surface area contributed by atoms with E-state index in [0.29, 0.717) is 23.8 Å². The molecule has 1 heterocycles. The summed E-state index contributed by atoms with van der Waals surface area (Å²) < 4.78 is 0. The van der Waals surface area contributed by atoms with Gasteiger partial charge in [-0.05, 0) is 42.0 Å². The highest BCUT2D eigenvalue weighted by atomic mass is 35.5. The lowest BCUT2D eigenvalue weighted by Crippen LogP contribution is -2.31. The van der Waals surface area contributed by atoms with Crippen molar-refractivity contribution in [2.75, 3.05) is 11.9 Å². The Labute approximate surface area is 140 Å². The highest BCUT2D eigenvalue weighted by Crippen LogP contribution is 2.13. The molecule has 0 saturated heterocycles. The van der Waals surface area contributed by atoms with Gasteiger partial charge >= 0.3 is 0 Å². The fraction of sp³-hybridized carbons (Fsp3) is 0.235. The zero-order chi connectivity index (χ0) is 16.7. The molecular formula is C17H18ClN3O2. The van der Waals surface area contributed by atoms with Gasteiger partial charge in [-0.25, -0.2) is 0 Å². The number of rotatable bonds is 6. The van der Waals surface area contributed by atoms with E-state index in [1.807, 2.05) is 12.1 Å². The maximum atomic E-state index is 12.0. The third-order valence-electron chi connectivity index (χ3n) is 3.30. The summed E-state index contributed by atoms with van der Waals surface area (Å²) in [5, 5.41) is 3.40. The first-order valence-electron chi connectivity index (χ1n) is 7.24. The van der Waals surface area contributed by atoms with Crippen molar-refractivity contribution >= 4 is 29.1 Å². The fourth-order valence-corrected chi connectivity index (χ4v) is 2.18. The van der Waals surface area contributed by atoms with Crippen molar-refractivity contribution in [1.82, 2.24) is 9.88 Å². The van der Waals surface area contributed by atoms with Crippen molar-refractivity contribution in [3.63, 3.8) is 0 Å². The molecule has 0 bridgehead atoms. The van der Waals surface area contributed by atoms with Crippen LogP contribution >= 0.6 is 11.6 Å². The van der Waals surface area contributed by atoms with Crippen molar-refractivity contribution in [2.45, 2.75) is 19.9 Å². The van der Waals surface area contributed by atoms with Crippen molar-refractivity contribution in [3.05, 3.63) is 59.4 Å². The molecule has 2 amide bonds. The Hall–Kier alpha value is -2.40. The molecule has 0 aliphatic carbocycles. The van der Waals surface area contributed by atoms with Gasteiger partial charge in [-0.15, -0.1) is 0 Å². The van der Waals surface area contributed by atoms with Gasteiger partial charge in [0.05, 0.1) is 0 Å². The van der Waals surface area contributed by atoms with Gasteiger partial charge in [0, 0.05) is 49.5 Å². The van der Waals surface area contributed by atoms with Crippen molar-refractivity contribution in [1.29, 1.82) is 0 Å². The molecule has 120 valence electrons. The summed E-state index contributed by atoms with van der Waals surface area (Å²) in [6.07, 6.45) is 3.59. The van der Waals surface area contributed by atoms with Crippen LogP contribution in [0.1, 0.15) is 18.9 Å². The van der Waals surface area contributed by atoms with E-state index in [4.69, 9.17) is 11.6 Å². The summed E-state index contributed by atoms with van der Waals surface area (Å²) in [6, 6.07) is 10.6. The van der Waals surface area contributed by atoms with E-state index in [9.17, 15) is 9.59 Å². The number of pyridine rings is 1. The van der Waals surface area contributed by atoms with Gasteiger partial charge in [0.15, 0.2) is 0 Å². The molecule has 0 aliphatic rings. The number of carbonyl (C=O) groups excluding carboxylic acids is 2. The van der Waals surface area contributed by atoms with Crippen LogP contribution in [-0.2, 0) is 16.1 Å². The topological polar surface area (TPSA) is 62.3 Å². The Morgan fingerprint density at radius 3 is 2.39 bits per heavy atom. The van der Waals surface area contributed by atoms with Crippen LogP contribution in [0.2, 0.25) is 5.02 Å². The molecule has 0 radical (unpaired) electrons. The number of carbonyl (C=O) groups is 2. The van der Waals surface area contributed by atoms with Crippen LogP contribution in [0.15, 0.2) is 48.8 Å². The van der Waals surface area contributed by atoms with Gasteiger partial charge in [-0.3, -0.25) is 14.6 Å². The van der Waals surface area contributed by atoms with Gasteiger partial charge in [-0.1, -0.05) is 11.6 Å². The van der Waals surface area contributed by atoms with Crippen LogP contribution in [0.25, 0.3) is 0 Å². The third-order valence-corrected chi connectivity index (χ3v) is 3.56. The average Bonchev–Trinajstić information content (AvgIpc) is 2.54. The highest BCUT2D eigenvalue weighted by molar-refractivity contribution is 6.30. The molecule has 0 spiro atoms. The van der Waals surface area contributed by atoms with E-state index >= 15 is 0 Å². The van der Waals surface area contributed by atoms with Crippen LogP contribution in [0.4, 0.5) is 5.69 Å². The van der Waals surface area contributed by atoms with E-state index in [1.54, 1.807) is 41.6 Å². The second kappa shape index (κ2) is 8.29. The number of hydrogen-bond donors (Lipinski definition) is 1. The SMILES string of the molecule is CC(=O)N(CCC(=O)Nc1ccc(Cl)cc1)Cc1ccncc1. The van der Waals surface area contributed by atoms with Crippen LogP contribution in [0.3, 0.4) is 0 Å². The van der Waals surface area contributed by atoms with Crippen LogP contribution in [0.5, 0.6) is 0 Å². The first-order valence-corrected chi connectivity index (χ1v) is 7.62. The standard InChI is InChI=1S/C17H18ClN3O2/c1-13(22)21(12-14-6-9-19-10-7-14)11-8-17(23)20-16-4-2-15(18)3-5-16/h2-7,9-10H,8,11-12H2,1H3,(H,20,23). The molecule has 5 nitrogen and oxygen atoms in total. The first kappa shape index (κ1) is 17.0. The number of benzene rings is 1. The van der Waals surface area contributed by atoms with Crippen LogP contribution in [-0.4, -0.2) is 28.2 Å². The molecule has 2 aromatic rings. The largest absolute Gasteiger partial charge is 0.338 e. The van der Waals surface area contributed by atoms with Crippen molar-refractivity contribution in [3.8, 4) is 0 Å². The monoisotopic (exact) mass is 331 g/mol. The average molecular weight is 332 g/mol. The highest BCUT2D eigenvalue weighted by Gasteiger charge is 2.12. The molecule has 0 atom stereocenters. The second-order valence-corrected chi connectivity index (χ2v) is 5.54. The number of aromatic nitrogens is 1. The summed E-state index contributed by atoms with van der Waals surface area (Å²) in [5.41, 5.74) is 1.66. The van der Waals surface area contributed by atoms with Crippen LogP contribution < -0.4 is 5.32 Å². The minimum absolute atomic E-state index is 0.0684. The minimum atomic E-state index is -0.145. The molecule has 1 aromatic carbocycles. The number of amides is 2. The van der Waals surface area contributed by atoms with Gasteiger partial charge in [0.2, 0.25) is 11.8 Å². The molecular weight excluding hydrogens is 314 g/mol. The lowest BCUT2D eigenvalue weighted by atomic mass is 10.2. The first-order chi connectivity index (χ1) is 11.0. The lowest BCUT2D eigenvalue weighted by Gasteiger charge is -2.20. The van der Waals surface area contributed by atoms with Gasteiger partial charge in [0.1, 0.15) is 0 Å². The Morgan fingerprint density at radius 2 is 1.78 bits per heavy atom. The number of nitrogens with one attached hydrogen (secondary N) is 1. The molecule has 0 fully saturated rings. The molecule has 23 heavy (non-hydrogen) atoms. The molecule has 1 N–H and O–H groups in total. The Kier molecular flexibility index (Phi) is 6.11. The van der Waals surface area contributed by atoms with E-state index in [-0.39, 0.29) is 18.2 Å². The Balaban J connectivity index is 1.87. The fourth-order valence-electron chi connectivity index (χ4n) is 2.05. The van der Waals surface area contributed by atoms with Gasteiger partial charge in [-0.2, -0.15) is 0 Å². The van der Waals surface area contributed by atoms with E-state index < -0.39 is 0 Å². The summed E-state index contributed by atoms with van der Waals surface area (Å²) >= 11 is 5.80. The molecule has 2 rings (SSSR count). The van der Waals surface area contributed by atoms with Crippen molar-refractivity contribution in [2.24, 2.45) is 0 Å². The predicted molar refractivity (Wildman–Crippen MR) is 90.0 cm³/mol. The molecule has 1 aromatic heterocycles. The Morgan fingerprint density at radius 1 is 1.13 bits per heavy atom. The van der Waals surface area contributed by atoms with Crippen LogP contribution in [0, 0.1) is 0 Å². The molecule has 6 heteroatoms. The summed E-state index contributed by atoms with van der Waals surface area (Å²) in [7, 11) is 0.